The van der Waals surface area contributed by atoms with Gasteiger partial charge in [0.2, 0.25) is 5.91 Å². The third-order valence-corrected chi connectivity index (χ3v) is 4.66. The first-order valence-corrected chi connectivity index (χ1v) is 10.2. The van der Waals surface area contributed by atoms with Crippen molar-refractivity contribution in [2.24, 2.45) is 0 Å². The van der Waals surface area contributed by atoms with Crippen molar-refractivity contribution in [1.82, 2.24) is 15.3 Å². The van der Waals surface area contributed by atoms with Crippen molar-refractivity contribution in [2.75, 3.05) is 20.3 Å². The fourth-order valence-corrected chi connectivity index (χ4v) is 2.97. The number of unbranched alkanes of at least 4 members (excludes halogenated alkanes) is 1. The average molecular weight is 423 g/mol. The third-order valence-electron chi connectivity index (χ3n) is 4.66. The van der Waals surface area contributed by atoms with E-state index in [-0.39, 0.29) is 24.9 Å². The van der Waals surface area contributed by atoms with Crippen molar-refractivity contribution >= 4 is 5.91 Å². The minimum atomic E-state index is -0.292. The molecule has 0 bridgehead atoms. The second kappa shape index (κ2) is 11.8. The number of benzene rings is 2. The van der Waals surface area contributed by atoms with Gasteiger partial charge in [-0.05, 0) is 60.9 Å². The largest absolute Gasteiger partial charge is 0.497 e. The highest BCUT2D eigenvalue weighted by atomic mass is 19.1. The molecule has 0 atom stereocenters. The van der Waals surface area contributed by atoms with Crippen molar-refractivity contribution in [3.8, 4) is 17.0 Å². The number of rotatable bonds is 11. The predicted molar refractivity (Wildman–Crippen MR) is 116 cm³/mol. The van der Waals surface area contributed by atoms with Crippen LogP contribution < -0.4 is 10.1 Å². The first kappa shape index (κ1) is 22.4. The summed E-state index contributed by atoms with van der Waals surface area (Å²) in [4.78, 5) is 20.8. The molecule has 6 nitrogen and oxygen atoms in total. The first-order chi connectivity index (χ1) is 15.1. The highest BCUT2D eigenvalue weighted by molar-refractivity contribution is 5.77. The molecule has 0 saturated heterocycles. The van der Waals surface area contributed by atoms with Crippen LogP contribution in [0.1, 0.15) is 24.2 Å². The highest BCUT2D eigenvalue weighted by Crippen LogP contribution is 2.20. The maximum absolute atomic E-state index is 12.9. The lowest BCUT2D eigenvalue weighted by Gasteiger charge is -2.07. The maximum Gasteiger partial charge on any atom is 0.246 e. The summed E-state index contributed by atoms with van der Waals surface area (Å²) in [6, 6.07) is 15.7. The molecular formula is C24H26FN3O3. The number of nitrogens with one attached hydrogen (secondary N) is 1. The normalized spacial score (nSPS) is 10.6. The number of carbonyl (C=O) groups is 1. The number of aryl methyl sites for hydroxylation is 1. The van der Waals surface area contributed by atoms with Crippen molar-refractivity contribution in [1.29, 1.82) is 0 Å². The number of methoxy groups -OCH3 is 1. The van der Waals surface area contributed by atoms with Crippen LogP contribution in [0.15, 0.2) is 60.8 Å². The molecule has 0 unspecified atom stereocenters. The van der Waals surface area contributed by atoms with E-state index in [4.69, 9.17) is 9.47 Å². The van der Waals surface area contributed by atoms with E-state index in [1.165, 1.54) is 12.1 Å². The van der Waals surface area contributed by atoms with Gasteiger partial charge in [0.15, 0.2) is 0 Å². The van der Waals surface area contributed by atoms with Crippen molar-refractivity contribution in [3.63, 3.8) is 0 Å². The Morgan fingerprint density at radius 3 is 2.55 bits per heavy atom. The Hall–Kier alpha value is -3.32. The van der Waals surface area contributed by atoms with Gasteiger partial charge in [-0.3, -0.25) is 4.79 Å². The van der Waals surface area contributed by atoms with Crippen LogP contribution in [0.25, 0.3) is 11.3 Å². The molecule has 0 spiro atoms. The van der Waals surface area contributed by atoms with Crippen molar-refractivity contribution in [2.45, 2.75) is 25.9 Å². The smallest absolute Gasteiger partial charge is 0.246 e. The van der Waals surface area contributed by atoms with E-state index in [9.17, 15) is 9.18 Å². The van der Waals surface area contributed by atoms with Gasteiger partial charge < -0.3 is 14.8 Å². The second-order valence-electron chi connectivity index (χ2n) is 7.01. The monoisotopic (exact) mass is 423 g/mol. The van der Waals surface area contributed by atoms with E-state index in [0.717, 1.165) is 47.7 Å². The second-order valence-corrected chi connectivity index (χ2v) is 7.01. The lowest BCUT2D eigenvalue weighted by Crippen LogP contribution is -2.28. The third kappa shape index (κ3) is 7.46. The number of amides is 1. The topological polar surface area (TPSA) is 73.3 Å². The SMILES string of the molecule is COc1ccc(-c2ccnc(CCCCNC(=O)COCc3ccc(F)cc3)n2)cc1. The van der Waals surface area contributed by atoms with Gasteiger partial charge >= 0.3 is 0 Å². The molecule has 7 heteroatoms. The zero-order chi connectivity index (χ0) is 21.9. The Balaban J connectivity index is 1.33. The molecule has 0 fully saturated rings. The summed E-state index contributed by atoms with van der Waals surface area (Å²) in [6.45, 7) is 0.816. The summed E-state index contributed by atoms with van der Waals surface area (Å²) in [5, 5.41) is 2.84. The van der Waals surface area contributed by atoms with E-state index in [2.05, 4.69) is 15.3 Å². The number of hydrogen-bond donors (Lipinski definition) is 1. The van der Waals surface area contributed by atoms with Crippen LogP contribution in [0.4, 0.5) is 4.39 Å². The van der Waals surface area contributed by atoms with Gasteiger partial charge in [-0.1, -0.05) is 12.1 Å². The van der Waals surface area contributed by atoms with Crippen LogP contribution in [0, 0.1) is 5.82 Å². The molecular weight excluding hydrogens is 397 g/mol. The lowest BCUT2D eigenvalue weighted by molar-refractivity contribution is -0.126. The van der Waals surface area contributed by atoms with Gasteiger partial charge in [0.05, 0.1) is 19.4 Å². The van der Waals surface area contributed by atoms with E-state index < -0.39 is 0 Å². The van der Waals surface area contributed by atoms with Gasteiger partial charge in [-0.15, -0.1) is 0 Å². The molecule has 0 radical (unpaired) electrons. The number of halogens is 1. The minimum Gasteiger partial charge on any atom is -0.497 e. The van der Waals surface area contributed by atoms with Crippen LogP contribution in [0.3, 0.4) is 0 Å². The molecule has 0 aliphatic carbocycles. The zero-order valence-corrected chi connectivity index (χ0v) is 17.5. The van der Waals surface area contributed by atoms with Crippen LogP contribution in [0.5, 0.6) is 5.75 Å². The molecule has 0 saturated carbocycles. The number of ether oxygens (including phenoxy) is 2. The first-order valence-electron chi connectivity index (χ1n) is 10.2. The van der Waals surface area contributed by atoms with E-state index >= 15 is 0 Å². The number of aromatic nitrogens is 2. The van der Waals surface area contributed by atoms with Crippen LogP contribution in [-0.4, -0.2) is 36.1 Å². The highest BCUT2D eigenvalue weighted by Gasteiger charge is 2.05. The van der Waals surface area contributed by atoms with Crippen molar-refractivity contribution < 1.29 is 18.7 Å². The number of hydrogen-bond acceptors (Lipinski definition) is 5. The van der Waals surface area contributed by atoms with Gasteiger partial charge in [0, 0.05) is 24.7 Å². The Morgan fingerprint density at radius 1 is 1.03 bits per heavy atom. The summed E-state index contributed by atoms with van der Waals surface area (Å²) < 4.78 is 23.4. The molecule has 31 heavy (non-hydrogen) atoms. The Morgan fingerprint density at radius 2 is 1.81 bits per heavy atom. The molecule has 2 aromatic carbocycles. The lowest BCUT2D eigenvalue weighted by atomic mass is 10.1. The molecule has 1 amide bonds. The summed E-state index contributed by atoms with van der Waals surface area (Å²) in [5.74, 6) is 1.13. The van der Waals surface area contributed by atoms with Crippen LogP contribution in [0.2, 0.25) is 0 Å². The van der Waals surface area contributed by atoms with E-state index in [1.807, 2.05) is 30.3 Å². The number of carbonyl (C=O) groups excluding carboxylic acids is 1. The molecule has 1 N–H and O–H groups in total. The summed E-state index contributed by atoms with van der Waals surface area (Å²) in [7, 11) is 1.64. The predicted octanol–water partition coefficient (Wildman–Crippen LogP) is 3.95. The average Bonchev–Trinajstić information content (AvgIpc) is 2.80. The van der Waals surface area contributed by atoms with E-state index in [0.29, 0.717) is 6.54 Å². The van der Waals surface area contributed by atoms with Gasteiger partial charge in [-0.2, -0.15) is 0 Å². The number of nitrogens with zero attached hydrogens (tertiary/aromatic N) is 2. The summed E-state index contributed by atoms with van der Waals surface area (Å²) in [6.07, 6.45) is 4.19. The van der Waals surface area contributed by atoms with Gasteiger partial charge in [0.1, 0.15) is 24.0 Å². The molecule has 0 aliphatic rings. The fourth-order valence-electron chi connectivity index (χ4n) is 2.97. The van der Waals surface area contributed by atoms with Crippen LogP contribution >= 0.6 is 0 Å². The Bertz CT molecular complexity index is 963. The van der Waals surface area contributed by atoms with Gasteiger partial charge in [0.25, 0.3) is 0 Å². The Kier molecular flexibility index (Phi) is 8.48. The van der Waals surface area contributed by atoms with Gasteiger partial charge in [-0.25, -0.2) is 14.4 Å². The quantitative estimate of drug-likeness (QED) is 0.473. The van der Waals surface area contributed by atoms with Crippen molar-refractivity contribution in [3.05, 3.63) is 78.0 Å². The molecule has 162 valence electrons. The van der Waals surface area contributed by atoms with Crippen LogP contribution in [-0.2, 0) is 22.6 Å². The summed E-state index contributed by atoms with van der Waals surface area (Å²) >= 11 is 0. The minimum absolute atomic E-state index is 0.0234. The van der Waals surface area contributed by atoms with E-state index in [1.54, 1.807) is 25.4 Å². The maximum atomic E-state index is 12.9. The molecule has 3 rings (SSSR count). The fraction of sp³-hybridized carbons (Fsp3) is 0.292. The molecule has 3 aromatic rings. The molecule has 1 heterocycles. The molecule has 0 aliphatic heterocycles. The molecule has 1 aromatic heterocycles. The summed E-state index contributed by atoms with van der Waals surface area (Å²) in [5.41, 5.74) is 2.71. The zero-order valence-electron chi connectivity index (χ0n) is 17.5. The standard InChI is InChI=1S/C24H26FN3O3/c1-30-21-11-7-19(8-12-21)22-13-15-26-23(28-22)4-2-3-14-27-24(29)17-31-16-18-5-9-20(25)10-6-18/h5-13,15H,2-4,14,16-17H2,1H3,(H,27,29). The Labute approximate surface area is 181 Å².